The summed E-state index contributed by atoms with van der Waals surface area (Å²) >= 11 is 0. The second kappa shape index (κ2) is 3.38. The van der Waals surface area contributed by atoms with Crippen molar-refractivity contribution in [3.05, 3.63) is 24.0 Å². The number of hydrogen-bond acceptors (Lipinski definition) is 2. The molecular weight excluding hydrogens is 186 g/mol. The van der Waals surface area contributed by atoms with Crippen molar-refractivity contribution >= 4 is 0 Å². The minimum absolute atomic E-state index is 0.652. The molecule has 0 aromatic carbocycles. The Morgan fingerprint density at radius 3 is 2.67 bits per heavy atom. The Morgan fingerprint density at radius 2 is 2.13 bits per heavy atom. The van der Waals surface area contributed by atoms with Gasteiger partial charge in [0.2, 0.25) is 0 Å². The van der Waals surface area contributed by atoms with Crippen LogP contribution < -0.4 is 0 Å². The highest BCUT2D eigenvalue weighted by Crippen LogP contribution is 2.48. The van der Waals surface area contributed by atoms with Crippen molar-refractivity contribution in [3.63, 3.8) is 0 Å². The molecule has 1 aliphatic heterocycles. The molecule has 4 unspecified atom stereocenters. The molecule has 3 rings (SSSR count). The van der Waals surface area contributed by atoms with Gasteiger partial charge in [-0.05, 0) is 30.4 Å². The van der Waals surface area contributed by atoms with Crippen molar-refractivity contribution in [3.8, 4) is 0 Å². The van der Waals surface area contributed by atoms with E-state index >= 15 is 0 Å². The van der Waals surface area contributed by atoms with Crippen molar-refractivity contribution < 1.29 is 4.74 Å². The van der Waals surface area contributed by atoms with E-state index in [1.165, 1.54) is 19.5 Å². The monoisotopic (exact) mass is 205 g/mol. The number of ether oxygens (including phenoxy) is 1. The Kier molecular flexibility index (Phi) is 2.13. The first-order valence-electron chi connectivity index (χ1n) is 5.97. The molecule has 3 aliphatic rings. The van der Waals surface area contributed by atoms with Crippen LogP contribution >= 0.6 is 0 Å². The van der Waals surface area contributed by atoms with Gasteiger partial charge in [0.25, 0.3) is 0 Å². The molecule has 0 spiro atoms. The maximum Gasteiger partial charge on any atom is 0.114 e. The Morgan fingerprint density at radius 1 is 1.40 bits per heavy atom. The molecular formula is C13H19NO. The normalized spacial score (nSPS) is 43.7. The van der Waals surface area contributed by atoms with Crippen molar-refractivity contribution in [1.82, 2.24) is 4.90 Å². The smallest absolute Gasteiger partial charge is 0.114 e. The quantitative estimate of drug-likeness (QED) is 0.654. The van der Waals surface area contributed by atoms with Crippen molar-refractivity contribution in [2.24, 2.45) is 17.8 Å². The van der Waals surface area contributed by atoms with E-state index in [9.17, 15) is 0 Å². The van der Waals surface area contributed by atoms with Crippen LogP contribution in [0.3, 0.4) is 0 Å². The first-order chi connectivity index (χ1) is 7.29. The third-order valence-corrected chi connectivity index (χ3v) is 4.01. The van der Waals surface area contributed by atoms with Crippen LogP contribution in [0.2, 0.25) is 0 Å². The van der Waals surface area contributed by atoms with E-state index < -0.39 is 0 Å². The molecule has 1 saturated carbocycles. The Hall–Kier alpha value is -0.760. The summed E-state index contributed by atoms with van der Waals surface area (Å²) in [6.07, 6.45) is 8.21. The molecule has 15 heavy (non-hydrogen) atoms. The fourth-order valence-corrected chi connectivity index (χ4v) is 2.79. The van der Waals surface area contributed by atoms with E-state index in [2.05, 4.69) is 30.1 Å². The number of hydrogen-bond donors (Lipinski definition) is 0. The second-order valence-electron chi connectivity index (χ2n) is 5.11. The minimum atomic E-state index is 0.652. The van der Waals surface area contributed by atoms with E-state index in [-0.39, 0.29) is 0 Å². The van der Waals surface area contributed by atoms with Crippen molar-refractivity contribution in [2.45, 2.75) is 19.4 Å². The summed E-state index contributed by atoms with van der Waals surface area (Å²) in [6, 6.07) is 0.652. The van der Waals surface area contributed by atoms with Gasteiger partial charge in [0, 0.05) is 25.0 Å². The maximum absolute atomic E-state index is 5.34. The molecule has 0 N–H and O–H groups in total. The van der Waals surface area contributed by atoms with E-state index in [1.807, 2.05) is 0 Å². The predicted molar refractivity (Wildman–Crippen MR) is 60.4 cm³/mol. The van der Waals surface area contributed by atoms with Gasteiger partial charge in [-0.3, -0.25) is 4.90 Å². The lowest BCUT2D eigenvalue weighted by molar-refractivity contribution is 0.276. The summed E-state index contributed by atoms with van der Waals surface area (Å²) in [5, 5.41) is 0. The van der Waals surface area contributed by atoms with Crippen molar-refractivity contribution in [2.75, 3.05) is 20.2 Å². The van der Waals surface area contributed by atoms with Crippen LogP contribution in [-0.2, 0) is 4.74 Å². The van der Waals surface area contributed by atoms with Crippen LogP contribution in [0.5, 0.6) is 0 Å². The Bertz CT molecular complexity index is 316. The summed E-state index contributed by atoms with van der Waals surface area (Å²) in [6.45, 7) is 4.92. The van der Waals surface area contributed by atoms with Gasteiger partial charge in [-0.15, -0.1) is 0 Å². The molecule has 0 radical (unpaired) electrons. The third kappa shape index (κ3) is 1.71. The highest BCUT2D eigenvalue weighted by atomic mass is 16.5. The second-order valence-corrected chi connectivity index (χ2v) is 5.11. The van der Waals surface area contributed by atoms with Gasteiger partial charge in [0.15, 0.2) is 0 Å². The van der Waals surface area contributed by atoms with Crippen LogP contribution in [0.25, 0.3) is 0 Å². The van der Waals surface area contributed by atoms with Gasteiger partial charge in [-0.1, -0.05) is 13.0 Å². The van der Waals surface area contributed by atoms with E-state index in [0.29, 0.717) is 12.0 Å². The third-order valence-electron chi connectivity index (χ3n) is 4.01. The lowest BCUT2D eigenvalue weighted by atomic mass is 9.89. The van der Waals surface area contributed by atoms with E-state index in [1.54, 1.807) is 7.11 Å². The molecule has 1 saturated heterocycles. The molecule has 1 heterocycles. The topological polar surface area (TPSA) is 12.2 Å². The van der Waals surface area contributed by atoms with Gasteiger partial charge < -0.3 is 4.74 Å². The number of rotatable bonds is 3. The van der Waals surface area contributed by atoms with Crippen molar-refractivity contribution in [1.29, 1.82) is 0 Å². The number of methoxy groups -OCH3 is 1. The zero-order valence-electron chi connectivity index (χ0n) is 9.52. The fourth-order valence-electron chi connectivity index (χ4n) is 2.79. The number of allylic oxidation sites excluding steroid dienone is 1. The average molecular weight is 205 g/mol. The summed E-state index contributed by atoms with van der Waals surface area (Å²) in [4.78, 5) is 2.55. The molecule has 2 fully saturated rings. The van der Waals surface area contributed by atoms with Gasteiger partial charge in [0.05, 0.1) is 7.11 Å². The molecule has 2 heteroatoms. The molecule has 4 atom stereocenters. The summed E-state index contributed by atoms with van der Waals surface area (Å²) < 4.78 is 5.34. The molecule has 2 nitrogen and oxygen atoms in total. The largest absolute Gasteiger partial charge is 0.497 e. The number of nitrogens with zero attached hydrogens (tertiary/aromatic N) is 1. The van der Waals surface area contributed by atoms with Gasteiger partial charge >= 0.3 is 0 Å². The average Bonchev–Trinajstić information content (AvgIpc) is 3.12. The first-order valence-corrected chi connectivity index (χ1v) is 5.97. The highest BCUT2D eigenvalue weighted by molar-refractivity contribution is 5.26. The Labute approximate surface area is 91.6 Å². The van der Waals surface area contributed by atoms with Crippen LogP contribution in [0, 0.1) is 17.8 Å². The summed E-state index contributed by atoms with van der Waals surface area (Å²) in [5.41, 5.74) is 0. The lowest BCUT2D eigenvalue weighted by Gasteiger charge is -2.27. The minimum Gasteiger partial charge on any atom is -0.497 e. The Balaban J connectivity index is 1.79. The molecule has 82 valence electrons. The summed E-state index contributed by atoms with van der Waals surface area (Å²) in [7, 11) is 1.77. The van der Waals surface area contributed by atoms with E-state index in [0.717, 1.165) is 17.6 Å². The van der Waals surface area contributed by atoms with Crippen LogP contribution in [0.15, 0.2) is 24.0 Å². The van der Waals surface area contributed by atoms with Gasteiger partial charge in [-0.2, -0.15) is 0 Å². The van der Waals surface area contributed by atoms with E-state index in [4.69, 9.17) is 4.74 Å². The molecule has 0 amide bonds. The SMILES string of the molecule is COC1=CC(C2CC2C)C(N2CC2)C=C1. The lowest BCUT2D eigenvalue weighted by Crippen LogP contribution is -2.29. The highest BCUT2D eigenvalue weighted by Gasteiger charge is 2.45. The fraction of sp³-hybridized carbons (Fsp3) is 0.692. The maximum atomic E-state index is 5.34. The molecule has 0 aromatic rings. The molecule has 2 aliphatic carbocycles. The van der Waals surface area contributed by atoms with Crippen LogP contribution in [0.4, 0.5) is 0 Å². The summed E-state index contributed by atoms with van der Waals surface area (Å²) in [5.74, 6) is 3.56. The van der Waals surface area contributed by atoms with Gasteiger partial charge in [-0.25, -0.2) is 0 Å². The molecule has 0 aromatic heterocycles. The molecule has 0 bridgehead atoms. The first kappa shape index (κ1) is 9.46. The predicted octanol–water partition coefficient (Wildman–Crippen LogP) is 2.04. The van der Waals surface area contributed by atoms with Crippen LogP contribution in [-0.4, -0.2) is 31.1 Å². The van der Waals surface area contributed by atoms with Gasteiger partial charge in [0.1, 0.15) is 5.76 Å². The zero-order valence-corrected chi connectivity index (χ0v) is 9.52. The zero-order chi connectivity index (χ0) is 10.4. The van der Waals surface area contributed by atoms with Crippen LogP contribution in [0.1, 0.15) is 13.3 Å². The standard InChI is InChI=1S/C13H19NO/c1-9-7-11(9)12-8-10(15-2)3-4-13(12)14-5-6-14/h3-4,8-9,11-13H,5-7H2,1-2H3.